The highest BCUT2D eigenvalue weighted by Crippen LogP contribution is 2.26. The zero-order chi connectivity index (χ0) is 23.6. The van der Waals surface area contributed by atoms with Gasteiger partial charge in [0.15, 0.2) is 0 Å². The van der Waals surface area contributed by atoms with Gasteiger partial charge in [-0.1, -0.05) is 61.5 Å². The van der Waals surface area contributed by atoms with E-state index in [0.717, 1.165) is 44.6 Å². The van der Waals surface area contributed by atoms with E-state index < -0.39 is 0 Å². The van der Waals surface area contributed by atoms with Crippen molar-refractivity contribution < 1.29 is 9.59 Å². The minimum Gasteiger partial charge on any atom is -0.299 e. The largest absolute Gasteiger partial charge is 0.328 e. The molecule has 33 heavy (non-hydrogen) atoms. The number of allylic oxidation sites excluding steroid dienone is 3. The number of urea groups is 1. The maximum Gasteiger partial charge on any atom is 0.328 e. The molecule has 2 aromatic carbocycles. The van der Waals surface area contributed by atoms with Gasteiger partial charge in [0.2, 0.25) is 6.41 Å². The first-order valence-electron chi connectivity index (χ1n) is 11.8. The summed E-state index contributed by atoms with van der Waals surface area (Å²) in [6, 6.07) is 17.0. The van der Waals surface area contributed by atoms with Crippen LogP contribution in [0.2, 0.25) is 0 Å². The number of hydrogen-bond donors (Lipinski definition) is 1. The Labute approximate surface area is 197 Å². The van der Waals surface area contributed by atoms with Crippen molar-refractivity contribution in [1.82, 2.24) is 15.1 Å². The molecule has 5 heteroatoms. The standard InChI is InChI=1S/C28H35N3O2/c1-4-9-25(10-5-2)31(28(33)29-21-32)26-15-17-30(18-16-26)20-23-12-8-13-24(19-23)27-14-7-6-11-22(27)3/h4,6-14,19,21,26H,5,15-18,20H2,1-3H3,(H,29,32,33)/b9-4-,25-10+. The van der Waals surface area contributed by atoms with Crippen LogP contribution in [0.25, 0.3) is 11.1 Å². The monoisotopic (exact) mass is 445 g/mol. The highest BCUT2D eigenvalue weighted by Gasteiger charge is 2.29. The van der Waals surface area contributed by atoms with Crippen LogP contribution in [0.3, 0.4) is 0 Å². The lowest BCUT2D eigenvalue weighted by atomic mass is 9.98. The van der Waals surface area contributed by atoms with Crippen molar-refractivity contribution in [3.05, 3.63) is 83.6 Å². The molecule has 0 aliphatic carbocycles. The molecule has 1 aliphatic heterocycles. The molecule has 3 amide bonds. The Morgan fingerprint density at radius 2 is 1.91 bits per heavy atom. The zero-order valence-electron chi connectivity index (χ0n) is 20.0. The molecule has 0 atom stereocenters. The molecule has 1 fully saturated rings. The number of nitrogens with one attached hydrogen (secondary N) is 1. The van der Waals surface area contributed by atoms with E-state index in [1.165, 1.54) is 22.3 Å². The number of aryl methyl sites for hydroxylation is 1. The molecule has 1 aliphatic rings. The van der Waals surface area contributed by atoms with Crippen molar-refractivity contribution >= 4 is 12.4 Å². The normalized spacial score (nSPS) is 15.5. The van der Waals surface area contributed by atoms with Crippen LogP contribution in [0, 0.1) is 6.92 Å². The molecule has 0 unspecified atom stereocenters. The molecule has 0 radical (unpaired) electrons. The van der Waals surface area contributed by atoms with Crippen LogP contribution >= 0.6 is 0 Å². The first kappa shape index (κ1) is 24.5. The van der Waals surface area contributed by atoms with E-state index in [1.807, 2.05) is 32.1 Å². The van der Waals surface area contributed by atoms with Gasteiger partial charge in [0.25, 0.3) is 0 Å². The van der Waals surface area contributed by atoms with Crippen LogP contribution in [-0.4, -0.2) is 41.4 Å². The molecule has 174 valence electrons. The van der Waals surface area contributed by atoms with E-state index >= 15 is 0 Å². The maximum absolute atomic E-state index is 12.7. The minimum absolute atomic E-state index is 0.0634. The van der Waals surface area contributed by atoms with E-state index in [2.05, 4.69) is 65.7 Å². The summed E-state index contributed by atoms with van der Waals surface area (Å²) >= 11 is 0. The Balaban J connectivity index is 1.69. The highest BCUT2D eigenvalue weighted by molar-refractivity contribution is 5.86. The van der Waals surface area contributed by atoms with Crippen molar-refractivity contribution in [2.45, 2.75) is 52.6 Å². The first-order chi connectivity index (χ1) is 16.1. The summed E-state index contributed by atoms with van der Waals surface area (Å²) in [4.78, 5) is 27.8. The van der Waals surface area contributed by atoms with Crippen LogP contribution in [0.5, 0.6) is 0 Å². The average molecular weight is 446 g/mol. The molecule has 0 saturated carbocycles. The van der Waals surface area contributed by atoms with E-state index in [1.54, 1.807) is 4.90 Å². The number of carbonyl (C=O) groups is 2. The lowest BCUT2D eigenvalue weighted by molar-refractivity contribution is -0.108. The van der Waals surface area contributed by atoms with Crippen LogP contribution in [-0.2, 0) is 11.3 Å². The van der Waals surface area contributed by atoms with Crippen LogP contribution in [0.4, 0.5) is 4.79 Å². The number of piperidine rings is 1. The molecule has 1 heterocycles. The smallest absolute Gasteiger partial charge is 0.299 e. The quantitative estimate of drug-likeness (QED) is 0.421. The van der Waals surface area contributed by atoms with Gasteiger partial charge in [0.1, 0.15) is 0 Å². The summed E-state index contributed by atoms with van der Waals surface area (Å²) in [6.45, 7) is 8.83. The first-order valence-corrected chi connectivity index (χ1v) is 11.8. The average Bonchev–Trinajstić information content (AvgIpc) is 2.81. The summed E-state index contributed by atoms with van der Waals surface area (Å²) in [6.07, 6.45) is 8.92. The number of benzene rings is 2. The lowest BCUT2D eigenvalue weighted by Crippen LogP contribution is -2.49. The number of nitrogens with zero attached hydrogens (tertiary/aromatic N) is 2. The van der Waals surface area contributed by atoms with Crippen molar-refractivity contribution in [1.29, 1.82) is 0 Å². The van der Waals surface area contributed by atoms with Gasteiger partial charge >= 0.3 is 6.03 Å². The Morgan fingerprint density at radius 1 is 1.15 bits per heavy atom. The predicted molar refractivity (Wildman–Crippen MR) is 135 cm³/mol. The molecular weight excluding hydrogens is 410 g/mol. The van der Waals surface area contributed by atoms with Gasteiger partial charge in [0.05, 0.1) is 0 Å². The van der Waals surface area contributed by atoms with Gasteiger partial charge < -0.3 is 0 Å². The SMILES string of the molecule is C/C=C\C(=C/CC)N(C(=O)NC=O)C1CCN(Cc2cccc(-c3ccccc3C)c2)CC1. The van der Waals surface area contributed by atoms with E-state index in [4.69, 9.17) is 0 Å². The van der Waals surface area contributed by atoms with Gasteiger partial charge in [-0.2, -0.15) is 0 Å². The highest BCUT2D eigenvalue weighted by atomic mass is 16.2. The Bertz CT molecular complexity index is 1000. The van der Waals surface area contributed by atoms with Gasteiger partial charge in [0, 0.05) is 31.4 Å². The third-order valence-electron chi connectivity index (χ3n) is 6.14. The van der Waals surface area contributed by atoms with Crippen molar-refractivity contribution in [3.8, 4) is 11.1 Å². The van der Waals surface area contributed by atoms with Crippen LogP contribution in [0.15, 0.2) is 72.5 Å². The summed E-state index contributed by atoms with van der Waals surface area (Å²) in [5.74, 6) is 0. The fraction of sp³-hybridized carbons (Fsp3) is 0.357. The molecule has 0 spiro atoms. The zero-order valence-corrected chi connectivity index (χ0v) is 20.0. The second kappa shape index (κ2) is 12.2. The Kier molecular flexibility index (Phi) is 9.02. The second-order valence-corrected chi connectivity index (χ2v) is 8.50. The second-order valence-electron chi connectivity index (χ2n) is 8.50. The van der Waals surface area contributed by atoms with Gasteiger partial charge in [-0.05, 0) is 67.5 Å². The molecule has 5 nitrogen and oxygen atoms in total. The summed E-state index contributed by atoms with van der Waals surface area (Å²) in [5, 5.41) is 2.34. The summed E-state index contributed by atoms with van der Waals surface area (Å²) in [5.41, 5.74) is 5.95. The predicted octanol–water partition coefficient (Wildman–Crippen LogP) is 5.66. The van der Waals surface area contributed by atoms with Crippen molar-refractivity contribution in [3.63, 3.8) is 0 Å². The Hall–Kier alpha value is -3.18. The summed E-state index contributed by atoms with van der Waals surface area (Å²) in [7, 11) is 0. The molecule has 1 saturated heterocycles. The molecule has 0 bridgehead atoms. The van der Waals surface area contributed by atoms with Crippen LogP contribution < -0.4 is 5.32 Å². The van der Waals surface area contributed by atoms with E-state index in [0.29, 0.717) is 6.41 Å². The number of rotatable bonds is 8. The van der Waals surface area contributed by atoms with Gasteiger partial charge in [-0.15, -0.1) is 0 Å². The number of carbonyl (C=O) groups excluding carboxylic acids is 2. The Morgan fingerprint density at radius 3 is 2.58 bits per heavy atom. The fourth-order valence-corrected chi connectivity index (χ4v) is 4.57. The van der Waals surface area contributed by atoms with Gasteiger partial charge in [-0.25, -0.2) is 4.79 Å². The van der Waals surface area contributed by atoms with E-state index in [-0.39, 0.29) is 12.1 Å². The molecular formula is C28H35N3O2. The molecule has 3 rings (SSSR count). The third-order valence-corrected chi connectivity index (χ3v) is 6.14. The molecule has 0 aromatic heterocycles. The molecule has 1 N–H and O–H groups in total. The maximum atomic E-state index is 12.7. The lowest BCUT2D eigenvalue weighted by Gasteiger charge is -2.38. The number of hydrogen-bond acceptors (Lipinski definition) is 3. The van der Waals surface area contributed by atoms with Crippen molar-refractivity contribution in [2.24, 2.45) is 0 Å². The summed E-state index contributed by atoms with van der Waals surface area (Å²) < 4.78 is 0. The topological polar surface area (TPSA) is 52.7 Å². The number of amides is 3. The third kappa shape index (κ3) is 6.42. The molecule has 2 aromatic rings. The fourth-order valence-electron chi connectivity index (χ4n) is 4.57. The minimum atomic E-state index is -0.354. The van der Waals surface area contributed by atoms with Gasteiger partial charge in [-0.3, -0.25) is 19.9 Å². The van der Waals surface area contributed by atoms with Crippen LogP contribution in [0.1, 0.15) is 44.2 Å². The number of imide groups is 1. The van der Waals surface area contributed by atoms with E-state index in [9.17, 15) is 9.59 Å². The number of likely N-dealkylation sites (tertiary alicyclic amines) is 1. The van der Waals surface area contributed by atoms with Crippen molar-refractivity contribution in [2.75, 3.05) is 13.1 Å².